The highest BCUT2D eigenvalue weighted by Gasteiger charge is 2.38. The molecule has 1 fully saturated rings. The Balaban J connectivity index is 2.06. The topological polar surface area (TPSA) is 50.7 Å². The van der Waals surface area contributed by atoms with Gasteiger partial charge in [0.25, 0.3) is 0 Å². The van der Waals surface area contributed by atoms with Gasteiger partial charge in [-0.05, 0) is 25.2 Å². The number of ether oxygens (including phenoxy) is 1. The molecule has 0 spiro atoms. The quantitative estimate of drug-likeness (QED) is 0.720. The number of hydrogen-bond acceptors (Lipinski definition) is 3. The zero-order chi connectivity index (χ0) is 10.1. The van der Waals surface area contributed by atoms with Crippen molar-refractivity contribution in [3.05, 3.63) is 0 Å². The van der Waals surface area contributed by atoms with E-state index in [2.05, 4.69) is 10.3 Å². The molecular weight excluding hydrogens is 180 g/mol. The Bertz CT molecular complexity index is 271. The molecule has 2 atom stereocenters. The molecule has 1 N–H and O–H groups in total. The van der Waals surface area contributed by atoms with Crippen LogP contribution < -0.4 is 5.32 Å². The molecule has 1 heterocycles. The maximum absolute atomic E-state index is 11.4. The minimum absolute atomic E-state index is 0.00972. The third kappa shape index (κ3) is 1.66. The van der Waals surface area contributed by atoms with E-state index in [9.17, 15) is 4.79 Å². The van der Waals surface area contributed by atoms with E-state index in [1.165, 1.54) is 12.8 Å². The van der Waals surface area contributed by atoms with E-state index in [4.69, 9.17) is 4.74 Å². The first-order valence-corrected chi connectivity index (χ1v) is 5.17. The summed E-state index contributed by atoms with van der Waals surface area (Å²) in [6.07, 6.45) is 3.14. The summed E-state index contributed by atoms with van der Waals surface area (Å²) in [5, 5.41) is 2.81. The molecule has 0 bridgehead atoms. The Kier molecular flexibility index (Phi) is 2.54. The van der Waals surface area contributed by atoms with Crippen molar-refractivity contribution < 1.29 is 9.53 Å². The summed E-state index contributed by atoms with van der Waals surface area (Å²) in [6, 6.07) is -0.193. The predicted octanol–water partition coefficient (Wildman–Crippen LogP) is 0.718. The van der Waals surface area contributed by atoms with Crippen LogP contribution in [-0.2, 0) is 9.53 Å². The molecule has 0 aromatic rings. The van der Waals surface area contributed by atoms with Gasteiger partial charge in [0, 0.05) is 7.11 Å². The van der Waals surface area contributed by atoms with Crippen LogP contribution in [-0.4, -0.2) is 31.0 Å². The van der Waals surface area contributed by atoms with E-state index in [0.717, 1.165) is 12.3 Å². The highest BCUT2D eigenvalue weighted by Crippen LogP contribution is 2.35. The standard InChI is InChI=1S/C10H16N2O2/c1-3-7-10(13)12-9(11-7)8(14-2)6-4-5-6/h6-8H,3-5H2,1-2H3,(H,11,12,13). The molecule has 1 saturated carbocycles. The highest BCUT2D eigenvalue weighted by atomic mass is 16.5. The van der Waals surface area contributed by atoms with Crippen molar-refractivity contribution >= 4 is 11.7 Å². The second-order valence-electron chi connectivity index (χ2n) is 3.92. The van der Waals surface area contributed by atoms with Gasteiger partial charge in [-0.1, -0.05) is 6.92 Å². The van der Waals surface area contributed by atoms with Crippen LogP contribution in [0, 0.1) is 5.92 Å². The van der Waals surface area contributed by atoms with E-state index in [1.807, 2.05) is 6.92 Å². The highest BCUT2D eigenvalue weighted by molar-refractivity contribution is 6.07. The van der Waals surface area contributed by atoms with Crippen LogP contribution in [0.2, 0.25) is 0 Å². The van der Waals surface area contributed by atoms with Gasteiger partial charge in [-0.3, -0.25) is 9.79 Å². The largest absolute Gasteiger partial charge is 0.373 e. The molecular formula is C10H16N2O2. The lowest BCUT2D eigenvalue weighted by Gasteiger charge is -2.13. The summed E-state index contributed by atoms with van der Waals surface area (Å²) in [5.74, 6) is 1.33. The molecule has 14 heavy (non-hydrogen) atoms. The number of carbonyl (C=O) groups is 1. The number of methoxy groups -OCH3 is 1. The lowest BCUT2D eigenvalue weighted by molar-refractivity contribution is -0.120. The van der Waals surface area contributed by atoms with Crippen LogP contribution in [0.1, 0.15) is 26.2 Å². The Labute approximate surface area is 83.7 Å². The number of aliphatic imine (C=N–C) groups is 1. The Morgan fingerprint density at radius 2 is 2.36 bits per heavy atom. The van der Waals surface area contributed by atoms with Crippen LogP contribution in [0.5, 0.6) is 0 Å². The first kappa shape index (κ1) is 9.65. The fourth-order valence-corrected chi connectivity index (χ4v) is 1.82. The zero-order valence-corrected chi connectivity index (χ0v) is 8.62. The average molecular weight is 196 g/mol. The maximum atomic E-state index is 11.4. The van der Waals surface area contributed by atoms with Gasteiger partial charge in [0.05, 0.1) is 0 Å². The van der Waals surface area contributed by atoms with Gasteiger partial charge in [-0.25, -0.2) is 0 Å². The van der Waals surface area contributed by atoms with Gasteiger partial charge in [-0.2, -0.15) is 0 Å². The van der Waals surface area contributed by atoms with Crippen LogP contribution in [0.3, 0.4) is 0 Å². The smallest absolute Gasteiger partial charge is 0.250 e. The Hall–Kier alpha value is -0.900. The van der Waals surface area contributed by atoms with Crippen molar-refractivity contribution in [2.24, 2.45) is 10.9 Å². The number of amides is 1. The zero-order valence-electron chi connectivity index (χ0n) is 8.62. The van der Waals surface area contributed by atoms with Crippen molar-refractivity contribution in [3.63, 3.8) is 0 Å². The summed E-state index contributed by atoms with van der Waals surface area (Å²) in [5.41, 5.74) is 0. The molecule has 1 amide bonds. The van der Waals surface area contributed by atoms with E-state index in [0.29, 0.717) is 5.92 Å². The lowest BCUT2D eigenvalue weighted by Crippen LogP contribution is -2.37. The van der Waals surface area contributed by atoms with Gasteiger partial charge >= 0.3 is 0 Å². The third-order valence-corrected chi connectivity index (χ3v) is 2.81. The molecule has 2 rings (SSSR count). The van der Waals surface area contributed by atoms with Crippen LogP contribution in [0.25, 0.3) is 0 Å². The van der Waals surface area contributed by atoms with Crippen LogP contribution in [0.4, 0.5) is 0 Å². The minimum Gasteiger partial charge on any atom is -0.373 e. The van der Waals surface area contributed by atoms with Crippen LogP contribution >= 0.6 is 0 Å². The summed E-state index contributed by atoms with van der Waals surface area (Å²) >= 11 is 0. The molecule has 78 valence electrons. The first-order valence-electron chi connectivity index (χ1n) is 5.17. The fraction of sp³-hybridized carbons (Fsp3) is 0.800. The van der Waals surface area contributed by atoms with Crippen molar-refractivity contribution in [1.29, 1.82) is 0 Å². The number of hydrogen-bond donors (Lipinski definition) is 1. The van der Waals surface area contributed by atoms with Gasteiger partial charge in [0.2, 0.25) is 5.91 Å². The molecule has 1 aliphatic carbocycles. The predicted molar refractivity (Wildman–Crippen MR) is 53.2 cm³/mol. The lowest BCUT2D eigenvalue weighted by atomic mass is 10.2. The molecule has 4 nitrogen and oxygen atoms in total. The molecule has 0 aromatic carbocycles. The Morgan fingerprint density at radius 3 is 2.79 bits per heavy atom. The molecule has 2 aliphatic rings. The molecule has 0 radical (unpaired) electrons. The second kappa shape index (κ2) is 3.69. The van der Waals surface area contributed by atoms with Gasteiger partial charge < -0.3 is 10.1 Å². The van der Waals surface area contributed by atoms with Crippen molar-refractivity contribution in [2.45, 2.75) is 38.3 Å². The van der Waals surface area contributed by atoms with Gasteiger partial charge in [0.15, 0.2) is 0 Å². The van der Waals surface area contributed by atoms with Gasteiger partial charge in [-0.15, -0.1) is 0 Å². The number of nitrogens with one attached hydrogen (secondary N) is 1. The van der Waals surface area contributed by atoms with E-state index >= 15 is 0 Å². The van der Waals surface area contributed by atoms with Crippen LogP contribution in [0.15, 0.2) is 4.99 Å². The van der Waals surface area contributed by atoms with Crippen molar-refractivity contribution in [3.8, 4) is 0 Å². The molecule has 4 heteroatoms. The molecule has 0 saturated heterocycles. The summed E-state index contributed by atoms with van der Waals surface area (Å²) < 4.78 is 5.35. The van der Waals surface area contributed by atoms with E-state index in [-0.39, 0.29) is 18.1 Å². The number of nitrogens with zero attached hydrogens (tertiary/aromatic N) is 1. The Morgan fingerprint density at radius 1 is 1.64 bits per heavy atom. The summed E-state index contributed by atoms with van der Waals surface area (Å²) in [7, 11) is 1.68. The first-order chi connectivity index (χ1) is 6.76. The monoisotopic (exact) mass is 196 g/mol. The van der Waals surface area contributed by atoms with E-state index in [1.54, 1.807) is 7.11 Å². The van der Waals surface area contributed by atoms with Crippen molar-refractivity contribution in [2.75, 3.05) is 7.11 Å². The normalized spacial score (nSPS) is 28.6. The van der Waals surface area contributed by atoms with Crippen molar-refractivity contribution in [1.82, 2.24) is 5.32 Å². The molecule has 2 unspecified atom stereocenters. The third-order valence-electron chi connectivity index (χ3n) is 2.81. The van der Waals surface area contributed by atoms with E-state index < -0.39 is 0 Å². The number of carbonyl (C=O) groups excluding carboxylic acids is 1. The summed E-state index contributed by atoms with van der Waals surface area (Å²) in [6.45, 7) is 1.97. The minimum atomic E-state index is -0.193. The average Bonchev–Trinajstić information content (AvgIpc) is 2.92. The SMILES string of the molecule is CCC1N=C(C(OC)C2CC2)NC1=O. The molecule has 1 aliphatic heterocycles. The second-order valence-corrected chi connectivity index (χ2v) is 3.92. The summed E-state index contributed by atoms with van der Waals surface area (Å²) in [4.78, 5) is 15.7. The molecule has 0 aromatic heterocycles. The maximum Gasteiger partial charge on any atom is 0.250 e. The fourth-order valence-electron chi connectivity index (χ4n) is 1.82. The van der Waals surface area contributed by atoms with Gasteiger partial charge in [0.1, 0.15) is 18.0 Å². The number of rotatable bonds is 4. The number of amidine groups is 1.